The zero-order valence-electron chi connectivity index (χ0n) is 9.44. The van der Waals surface area contributed by atoms with Gasteiger partial charge < -0.3 is 9.47 Å². The Balaban J connectivity index is 2.49. The Kier molecular flexibility index (Phi) is 5.13. The number of hydrogen-bond donors (Lipinski definition) is 0. The first-order valence-electron chi connectivity index (χ1n) is 5.20. The number of aldehydes is 1. The van der Waals surface area contributed by atoms with Gasteiger partial charge in [-0.25, -0.2) is 4.39 Å². The standard InChI is InChI=1S/C12H13FO4/c1-2-16-12(15)3-4-17-11-6-9(8-14)5-10(13)7-11/h5-8H,2-4H2,1H3. The first-order chi connectivity index (χ1) is 8.15. The van der Waals surface area contributed by atoms with Crippen molar-refractivity contribution in [2.24, 2.45) is 0 Å². The van der Waals surface area contributed by atoms with E-state index in [-0.39, 0.29) is 30.3 Å². The van der Waals surface area contributed by atoms with E-state index < -0.39 is 5.82 Å². The molecule has 92 valence electrons. The summed E-state index contributed by atoms with van der Waals surface area (Å²) in [7, 11) is 0. The van der Waals surface area contributed by atoms with Gasteiger partial charge in [0.2, 0.25) is 0 Å². The lowest BCUT2D eigenvalue weighted by molar-refractivity contribution is -0.143. The molecule has 0 aliphatic heterocycles. The number of halogens is 1. The van der Waals surface area contributed by atoms with E-state index in [9.17, 15) is 14.0 Å². The van der Waals surface area contributed by atoms with E-state index >= 15 is 0 Å². The highest BCUT2D eigenvalue weighted by atomic mass is 19.1. The van der Waals surface area contributed by atoms with Gasteiger partial charge in [0.15, 0.2) is 0 Å². The fourth-order valence-electron chi connectivity index (χ4n) is 1.22. The van der Waals surface area contributed by atoms with Gasteiger partial charge in [0.1, 0.15) is 17.9 Å². The molecule has 0 N–H and O–H groups in total. The van der Waals surface area contributed by atoms with E-state index in [0.717, 1.165) is 12.1 Å². The molecule has 1 aromatic carbocycles. The topological polar surface area (TPSA) is 52.6 Å². The molecule has 0 aliphatic rings. The Bertz CT molecular complexity index is 403. The Morgan fingerprint density at radius 2 is 2.18 bits per heavy atom. The Morgan fingerprint density at radius 1 is 1.41 bits per heavy atom. The highest BCUT2D eigenvalue weighted by molar-refractivity contribution is 5.75. The maximum Gasteiger partial charge on any atom is 0.309 e. The maximum atomic E-state index is 13.0. The minimum Gasteiger partial charge on any atom is -0.493 e. The van der Waals surface area contributed by atoms with Crippen LogP contribution in [0.25, 0.3) is 0 Å². The monoisotopic (exact) mass is 240 g/mol. The molecule has 0 bridgehead atoms. The molecule has 0 saturated heterocycles. The summed E-state index contributed by atoms with van der Waals surface area (Å²) in [5.74, 6) is -0.711. The third-order valence-corrected chi connectivity index (χ3v) is 1.91. The van der Waals surface area contributed by atoms with E-state index in [1.54, 1.807) is 6.92 Å². The van der Waals surface area contributed by atoms with E-state index in [1.807, 2.05) is 0 Å². The SMILES string of the molecule is CCOC(=O)CCOc1cc(F)cc(C=O)c1. The van der Waals surface area contributed by atoms with Crippen molar-refractivity contribution in [3.63, 3.8) is 0 Å². The number of carbonyl (C=O) groups excluding carboxylic acids is 2. The van der Waals surface area contributed by atoms with Crippen molar-refractivity contribution in [1.29, 1.82) is 0 Å². The smallest absolute Gasteiger partial charge is 0.309 e. The quantitative estimate of drug-likeness (QED) is 0.563. The molecule has 0 aromatic heterocycles. The Morgan fingerprint density at radius 3 is 2.82 bits per heavy atom. The van der Waals surface area contributed by atoms with Crippen LogP contribution in [0.2, 0.25) is 0 Å². The molecule has 0 atom stereocenters. The van der Waals surface area contributed by atoms with Crippen molar-refractivity contribution >= 4 is 12.3 Å². The summed E-state index contributed by atoms with van der Waals surface area (Å²) in [5, 5.41) is 0. The van der Waals surface area contributed by atoms with E-state index in [2.05, 4.69) is 0 Å². The second-order valence-electron chi connectivity index (χ2n) is 3.24. The highest BCUT2D eigenvalue weighted by Gasteiger charge is 2.04. The Hall–Kier alpha value is -1.91. The van der Waals surface area contributed by atoms with Gasteiger partial charge in [-0.05, 0) is 19.1 Å². The molecule has 4 nitrogen and oxygen atoms in total. The molecule has 0 heterocycles. The van der Waals surface area contributed by atoms with Crippen molar-refractivity contribution in [3.8, 4) is 5.75 Å². The van der Waals surface area contributed by atoms with Crippen LogP contribution >= 0.6 is 0 Å². The van der Waals surface area contributed by atoms with Gasteiger partial charge in [-0.1, -0.05) is 0 Å². The molecule has 17 heavy (non-hydrogen) atoms. The molecule has 5 heteroatoms. The predicted molar refractivity (Wildman–Crippen MR) is 58.5 cm³/mol. The summed E-state index contributed by atoms with van der Waals surface area (Å²) in [6.07, 6.45) is 0.613. The third-order valence-electron chi connectivity index (χ3n) is 1.91. The van der Waals surface area contributed by atoms with Gasteiger partial charge in [0, 0.05) is 11.6 Å². The van der Waals surface area contributed by atoms with Gasteiger partial charge >= 0.3 is 5.97 Å². The van der Waals surface area contributed by atoms with E-state index in [1.165, 1.54) is 6.07 Å². The van der Waals surface area contributed by atoms with E-state index in [4.69, 9.17) is 9.47 Å². The maximum absolute atomic E-state index is 13.0. The minimum absolute atomic E-state index is 0.0839. The number of esters is 1. The van der Waals surface area contributed by atoms with Crippen LogP contribution in [0.3, 0.4) is 0 Å². The number of hydrogen-bond acceptors (Lipinski definition) is 4. The molecule has 0 unspecified atom stereocenters. The molecule has 0 aliphatic carbocycles. The fraction of sp³-hybridized carbons (Fsp3) is 0.333. The van der Waals surface area contributed by atoms with Crippen molar-refractivity contribution in [2.45, 2.75) is 13.3 Å². The first-order valence-corrected chi connectivity index (χ1v) is 5.20. The number of carbonyl (C=O) groups is 2. The van der Waals surface area contributed by atoms with Gasteiger partial charge in [-0.3, -0.25) is 9.59 Å². The largest absolute Gasteiger partial charge is 0.493 e. The third kappa shape index (κ3) is 4.63. The molecule has 1 rings (SSSR count). The van der Waals surface area contributed by atoms with Crippen molar-refractivity contribution < 1.29 is 23.5 Å². The van der Waals surface area contributed by atoms with Gasteiger partial charge in [0.25, 0.3) is 0 Å². The summed E-state index contributed by atoms with van der Waals surface area (Å²) < 4.78 is 22.8. The average molecular weight is 240 g/mol. The van der Waals surface area contributed by atoms with Crippen LogP contribution in [0.1, 0.15) is 23.7 Å². The minimum atomic E-state index is -0.555. The molecular weight excluding hydrogens is 227 g/mol. The van der Waals surface area contributed by atoms with Gasteiger partial charge in [0.05, 0.1) is 19.6 Å². The van der Waals surface area contributed by atoms with Crippen LogP contribution in [0.5, 0.6) is 5.75 Å². The lowest BCUT2D eigenvalue weighted by Gasteiger charge is -2.06. The highest BCUT2D eigenvalue weighted by Crippen LogP contribution is 2.15. The number of benzene rings is 1. The summed E-state index contributed by atoms with van der Waals surface area (Å²) in [5.41, 5.74) is 0.191. The van der Waals surface area contributed by atoms with Gasteiger partial charge in [-0.2, -0.15) is 0 Å². The lowest BCUT2D eigenvalue weighted by Crippen LogP contribution is -2.09. The fourth-order valence-corrected chi connectivity index (χ4v) is 1.22. The first kappa shape index (κ1) is 13.2. The average Bonchev–Trinajstić information content (AvgIpc) is 2.28. The summed E-state index contributed by atoms with van der Waals surface area (Å²) in [6.45, 7) is 2.11. The van der Waals surface area contributed by atoms with Crippen LogP contribution in [-0.2, 0) is 9.53 Å². The molecule has 0 spiro atoms. The normalized spacial score (nSPS) is 9.76. The molecule has 0 fully saturated rings. The van der Waals surface area contributed by atoms with Crippen molar-refractivity contribution in [1.82, 2.24) is 0 Å². The predicted octanol–water partition coefficient (Wildman–Crippen LogP) is 1.97. The van der Waals surface area contributed by atoms with Crippen LogP contribution in [-0.4, -0.2) is 25.5 Å². The van der Waals surface area contributed by atoms with Crippen molar-refractivity contribution in [2.75, 3.05) is 13.2 Å². The number of ether oxygens (including phenoxy) is 2. The molecule has 0 amide bonds. The Labute approximate surface area is 98.3 Å². The van der Waals surface area contributed by atoms with Crippen LogP contribution < -0.4 is 4.74 Å². The molecule has 1 aromatic rings. The second-order valence-corrected chi connectivity index (χ2v) is 3.24. The van der Waals surface area contributed by atoms with Crippen LogP contribution in [0.15, 0.2) is 18.2 Å². The summed E-state index contributed by atoms with van der Waals surface area (Å²) in [6, 6.07) is 3.66. The van der Waals surface area contributed by atoms with Crippen molar-refractivity contribution in [3.05, 3.63) is 29.6 Å². The zero-order chi connectivity index (χ0) is 12.7. The van der Waals surface area contributed by atoms with Gasteiger partial charge in [-0.15, -0.1) is 0 Å². The second kappa shape index (κ2) is 6.62. The number of rotatable bonds is 6. The lowest BCUT2D eigenvalue weighted by atomic mass is 10.2. The zero-order valence-corrected chi connectivity index (χ0v) is 9.44. The summed E-state index contributed by atoms with van der Waals surface area (Å²) >= 11 is 0. The van der Waals surface area contributed by atoms with Crippen LogP contribution in [0.4, 0.5) is 4.39 Å². The summed E-state index contributed by atoms with van der Waals surface area (Å²) in [4.78, 5) is 21.5. The molecule has 0 radical (unpaired) electrons. The molecular formula is C12H13FO4. The van der Waals surface area contributed by atoms with Crippen LogP contribution in [0, 0.1) is 5.82 Å². The molecule has 0 saturated carbocycles. The van der Waals surface area contributed by atoms with E-state index in [0.29, 0.717) is 12.9 Å².